The minimum atomic E-state index is -2.03. The Bertz CT molecular complexity index is 1850. The van der Waals surface area contributed by atoms with Crippen molar-refractivity contribution >= 4 is 11.0 Å². The number of ether oxygens (including phenoxy) is 7. The molecular weight excluding hydrogens is 728 g/mol. The molecule has 6 rings (SSSR count). The maximum atomic E-state index is 14.1. The number of aromatic hydroxyl groups is 3. The fraction of sp³-hybridized carbons (Fsp3) is 0.559. The average Bonchev–Trinajstić information content (AvgIpc) is 3.13. The van der Waals surface area contributed by atoms with Gasteiger partial charge in [-0.05, 0) is 32.0 Å². The number of rotatable bonds is 9. The molecule has 0 aliphatic carbocycles. The van der Waals surface area contributed by atoms with E-state index in [2.05, 4.69) is 0 Å². The Morgan fingerprint density at radius 3 is 1.94 bits per heavy atom. The summed E-state index contributed by atoms with van der Waals surface area (Å²) in [6.07, 6.45) is -25.0. The Morgan fingerprint density at radius 1 is 0.685 bits per heavy atom. The molecule has 15 atom stereocenters. The van der Waals surface area contributed by atoms with Gasteiger partial charge in [-0.1, -0.05) is 0 Å². The van der Waals surface area contributed by atoms with Crippen LogP contribution in [0.5, 0.6) is 28.7 Å². The maximum absolute atomic E-state index is 14.1. The van der Waals surface area contributed by atoms with Crippen molar-refractivity contribution in [3.8, 4) is 40.1 Å². The lowest BCUT2D eigenvalue weighted by Gasteiger charge is -2.46. The van der Waals surface area contributed by atoms with E-state index >= 15 is 0 Å². The first-order valence-electron chi connectivity index (χ1n) is 16.8. The first-order valence-corrected chi connectivity index (χ1v) is 16.8. The smallest absolute Gasteiger partial charge is 0.239 e. The van der Waals surface area contributed by atoms with E-state index in [9.17, 15) is 61.0 Å². The molecule has 20 heteroatoms. The fourth-order valence-electron chi connectivity index (χ4n) is 6.42. The van der Waals surface area contributed by atoms with E-state index in [4.69, 9.17) is 37.6 Å². The molecule has 298 valence electrons. The summed E-state index contributed by atoms with van der Waals surface area (Å²) in [5.74, 6) is -2.68. The Balaban J connectivity index is 1.41. The van der Waals surface area contributed by atoms with Gasteiger partial charge < -0.3 is 93.7 Å². The molecular formula is C34H42O20. The van der Waals surface area contributed by atoms with Crippen LogP contribution in [0.1, 0.15) is 13.8 Å². The molecule has 0 unspecified atom stereocenters. The standard InChI is InChI=1S/C34H42O20/c1-10-20(38)24(42)27(45)32(49-10)48-9-18-22(40)26(44)31(54-33-28(46)25(43)21(39)11(2)50-33)34(52-18)53-30-23(41)19-15(37)7-13(35)8-17(19)51-29(30)12-4-5-16(47-3)14(36)6-12/h4-8,10-11,18,20-22,24-28,31-40,42-46H,9H2,1-3H3/t10-,11-,18+,20-,21-,22+,24+,25+,26-,27+,28+,31+,32-,33+,34-/m0/s1. The highest BCUT2D eigenvalue weighted by molar-refractivity contribution is 5.88. The second-order valence-electron chi connectivity index (χ2n) is 13.3. The van der Waals surface area contributed by atoms with Crippen LogP contribution in [0.4, 0.5) is 0 Å². The molecule has 0 radical (unpaired) electrons. The quantitative estimate of drug-likeness (QED) is 0.107. The van der Waals surface area contributed by atoms with Gasteiger partial charge in [0.25, 0.3) is 0 Å². The number of hydrogen-bond acceptors (Lipinski definition) is 20. The van der Waals surface area contributed by atoms with Gasteiger partial charge >= 0.3 is 0 Å². The SMILES string of the molecule is COc1ccc(-c2oc3cc(O)cc(O)c3c(=O)c2O[C@@H]2O[C@H](CO[C@H]3O[C@@H](C)[C@H](O)[C@@H](O)[C@H]3O)[C@@H](O)[C@H](O)[C@H]2O[C@H]2O[C@@H](C)[C@H](O)[C@@H](O)[C@H]2O)cc1O. The molecule has 3 aliphatic rings. The third-order valence-corrected chi connectivity index (χ3v) is 9.57. The molecule has 0 bridgehead atoms. The lowest BCUT2D eigenvalue weighted by molar-refractivity contribution is -0.360. The number of benzene rings is 2. The Hall–Kier alpha value is -3.87. The van der Waals surface area contributed by atoms with Gasteiger partial charge in [0.05, 0.1) is 25.9 Å². The zero-order valence-electron chi connectivity index (χ0n) is 28.8. The van der Waals surface area contributed by atoms with Crippen LogP contribution in [0.25, 0.3) is 22.3 Å². The Morgan fingerprint density at radius 2 is 1.31 bits per heavy atom. The predicted molar refractivity (Wildman–Crippen MR) is 176 cm³/mol. The Labute approximate surface area is 305 Å². The van der Waals surface area contributed by atoms with Crippen LogP contribution in [0.15, 0.2) is 39.5 Å². The molecule has 20 nitrogen and oxygen atoms in total. The van der Waals surface area contributed by atoms with Gasteiger partial charge in [0, 0.05) is 17.7 Å². The van der Waals surface area contributed by atoms with Crippen LogP contribution in [-0.2, 0) is 23.7 Å². The number of methoxy groups -OCH3 is 1. The monoisotopic (exact) mass is 770 g/mol. The van der Waals surface area contributed by atoms with Crippen molar-refractivity contribution in [2.24, 2.45) is 0 Å². The van der Waals surface area contributed by atoms with Gasteiger partial charge in [-0.2, -0.15) is 0 Å². The second kappa shape index (κ2) is 15.7. The molecule has 11 N–H and O–H groups in total. The van der Waals surface area contributed by atoms with E-state index in [1.807, 2.05) is 0 Å². The van der Waals surface area contributed by atoms with E-state index in [0.717, 1.165) is 18.2 Å². The number of aliphatic hydroxyl groups excluding tert-OH is 8. The van der Waals surface area contributed by atoms with E-state index in [1.54, 1.807) is 0 Å². The molecule has 1 aromatic heterocycles. The summed E-state index contributed by atoms with van der Waals surface area (Å²) in [6.45, 7) is 2.09. The van der Waals surface area contributed by atoms with Crippen LogP contribution in [0.3, 0.4) is 0 Å². The largest absolute Gasteiger partial charge is 0.508 e. The molecule has 2 aromatic carbocycles. The zero-order chi connectivity index (χ0) is 39.3. The average molecular weight is 771 g/mol. The van der Waals surface area contributed by atoms with E-state index in [1.165, 1.54) is 33.1 Å². The summed E-state index contributed by atoms with van der Waals surface area (Å²) in [4.78, 5) is 14.1. The summed E-state index contributed by atoms with van der Waals surface area (Å²) >= 11 is 0. The van der Waals surface area contributed by atoms with Crippen molar-refractivity contribution < 1.29 is 93.7 Å². The molecule has 3 aromatic rings. The highest BCUT2D eigenvalue weighted by Gasteiger charge is 2.52. The van der Waals surface area contributed by atoms with Crippen LogP contribution >= 0.6 is 0 Å². The van der Waals surface area contributed by atoms with Crippen molar-refractivity contribution in [1.29, 1.82) is 0 Å². The van der Waals surface area contributed by atoms with Gasteiger partial charge in [-0.15, -0.1) is 0 Å². The molecule has 4 heterocycles. The normalized spacial score (nSPS) is 37.3. The minimum absolute atomic E-state index is 0.00542. The first kappa shape index (κ1) is 39.8. The topological polar surface area (TPSA) is 317 Å². The molecule has 3 saturated heterocycles. The number of hydrogen-bond donors (Lipinski definition) is 11. The molecule has 54 heavy (non-hydrogen) atoms. The fourth-order valence-corrected chi connectivity index (χ4v) is 6.42. The maximum Gasteiger partial charge on any atom is 0.239 e. The second-order valence-corrected chi connectivity index (χ2v) is 13.3. The third-order valence-electron chi connectivity index (χ3n) is 9.57. The van der Waals surface area contributed by atoms with Crippen LogP contribution in [0, 0.1) is 0 Å². The van der Waals surface area contributed by atoms with Crippen molar-refractivity contribution in [3.05, 3.63) is 40.6 Å². The molecule has 3 fully saturated rings. The van der Waals surface area contributed by atoms with Crippen molar-refractivity contribution in [1.82, 2.24) is 0 Å². The molecule has 3 aliphatic heterocycles. The van der Waals surface area contributed by atoms with Gasteiger partial charge in [0.15, 0.2) is 35.9 Å². The molecule has 0 amide bonds. The van der Waals surface area contributed by atoms with E-state index in [-0.39, 0.29) is 16.9 Å². The van der Waals surface area contributed by atoms with Crippen LogP contribution in [0.2, 0.25) is 0 Å². The first-order chi connectivity index (χ1) is 25.5. The van der Waals surface area contributed by atoms with Gasteiger partial charge in [0.2, 0.25) is 17.5 Å². The number of phenols is 3. The minimum Gasteiger partial charge on any atom is -0.508 e. The summed E-state index contributed by atoms with van der Waals surface area (Å²) in [5, 5.41) is 116. The third kappa shape index (κ3) is 7.41. The summed E-state index contributed by atoms with van der Waals surface area (Å²) < 4.78 is 45.4. The summed E-state index contributed by atoms with van der Waals surface area (Å²) in [6, 6.07) is 5.73. The van der Waals surface area contributed by atoms with Crippen LogP contribution < -0.4 is 14.9 Å². The lowest BCUT2D eigenvalue weighted by Crippen LogP contribution is -2.65. The van der Waals surface area contributed by atoms with Gasteiger partial charge in [0.1, 0.15) is 77.4 Å². The molecule has 0 saturated carbocycles. The zero-order valence-corrected chi connectivity index (χ0v) is 28.8. The van der Waals surface area contributed by atoms with Crippen LogP contribution in [-0.4, -0.2) is 162 Å². The summed E-state index contributed by atoms with van der Waals surface area (Å²) in [7, 11) is 1.30. The highest BCUT2D eigenvalue weighted by Crippen LogP contribution is 2.40. The van der Waals surface area contributed by atoms with Gasteiger partial charge in [-0.25, -0.2) is 0 Å². The van der Waals surface area contributed by atoms with Crippen molar-refractivity contribution in [2.45, 2.75) is 106 Å². The molecule has 0 spiro atoms. The van der Waals surface area contributed by atoms with Crippen molar-refractivity contribution in [2.75, 3.05) is 13.7 Å². The van der Waals surface area contributed by atoms with Gasteiger partial charge in [-0.3, -0.25) is 4.79 Å². The van der Waals surface area contributed by atoms with E-state index in [0.29, 0.717) is 0 Å². The number of aliphatic hydroxyl groups is 8. The van der Waals surface area contributed by atoms with E-state index < -0.39 is 138 Å². The number of phenolic OH excluding ortho intramolecular Hbond substituents is 3. The highest BCUT2D eigenvalue weighted by atomic mass is 16.8. The predicted octanol–water partition coefficient (Wildman–Crippen LogP) is -2.53. The lowest BCUT2D eigenvalue weighted by atomic mass is 9.97. The Kier molecular flexibility index (Phi) is 11.6. The van der Waals surface area contributed by atoms with Crippen molar-refractivity contribution in [3.63, 3.8) is 0 Å². The summed E-state index contributed by atoms with van der Waals surface area (Å²) in [5.41, 5.74) is -1.38. The number of fused-ring (bicyclic) bond motifs is 1.